The average Bonchev–Trinajstić information content (AvgIpc) is 3.41. The van der Waals surface area contributed by atoms with Crippen molar-refractivity contribution in [3.63, 3.8) is 0 Å². The van der Waals surface area contributed by atoms with E-state index in [0.717, 1.165) is 13.1 Å². The highest BCUT2D eigenvalue weighted by atomic mass is 32.1. The number of nitrogens with zero attached hydrogens (tertiary/aromatic N) is 3. The first kappa shape index (κ1) is 21.2. The van der Waals surface area contributed by atoms with Crippen molar-refractivity contribution < 1.29 is 24.4 Å². The van der Waals surface area contributed by atoms with Crippen LogP contribution in [0, 0.1) is 10.1 Å². The number of benzene rings is 1. The van der Waals surface area contributed by atoms with Gasteiger partial charge in [0.15, 0.2) is 5.76 Å². The van der Waals surface area contributed by atoms with Crippen molar-refractivity contribution in [3.8, 4) is 0 Å². The molecule has 10 heteroatoms. The lowest BCUT2D eigenvalue weighted by Gasteiger charge is -2.31. The normalized spacial score (nSPS) is 19.8. The van der Waals surface area contributed by atoms with Crippen LogP contribution >= 0.6 is 11.3 Å². The second-order valence-electron chi connectivity index (χ2n) is 7.27. The Hall–Kier alpha value is -3.08. The monoisotopic (exact) mass is 443 g/mol. The number of amides is 1. The van der Waals surface area contributed by atoms with E-state index in [9.17, 15) is 24.8 Å². The number of carbonyl (C=O) groups excluding carboxylic acids is 2. The number of morpholine rings is 1. The van der Waals surface area contributed by atoms with Crippen molar-refractivity contribution in [3.05, 3.63) is 73.7 Å². The number of ketones is 1. The Morgan fingerprint density at radius 3 is 2.52 bits per heavy atom. The van der Waals surface area contributed by atoms with Crippen molar-refractivity contribution >= 4 is 28.7 Å². The molecule has 1 N–H and O–H groups in total. The van der Waals surface area contributed by atoms with E-state index < -0.39 is 28.4 Å². The third kappa shape index (κ3) is 4.22. The zero-order valence-corrected chi connectivity index (χ0v) is 17.4. The fourth-order valence-electron chi connectivity index (χ4n) is 3.86. The molecule has 2 aromatic rings. The van der Waals surface area contributed by atoms with Crippen LogP contribution < -0.4 is 0 Å². The number of nitro benzene ring substituents is 1. The molecule has 0 spiro atoms. The molecule has 0 aliphatic carbocycles. The number of aliphatic hydroxyl groups is 1. The van der Waals surface area contributed by atoms with Gasteiger partial charge >= 0.3 is 0 Å². The van der Waals surface area contributed by atoms with E-state index in [1.807, 2.05) is 0 Å². The van der Waals surface area contributed by atoms with Crippen LogP contribution in [0.1, 0.15) is 21.3 Å². The number of nitro groups is 1. The number of non-ortho nitro benzene ring substituents is 1. The van der Waals surface area contributed by atoms with Crippen LogP contribution in [-0.2, 0) is 9.53 Å². The van der Waals surface area contributed by atoms with Crippen molar-refractivity contribution in [2.24, 2.45) is 0 Å². The molecule has 9 nitrogen and oxygen atoms in total. The topological polar surface area (TPSA) is 113 Å². The summed E-state index contributed by atoms with van der Waals surface area (Å²) in [5.41, 5.74) is 0.445. The molecule has 1 aromatic heterocycles. The lowest BCUT2D eigenvalue weighted by molar-refractivity contribution is -0.384. The van der Waals surface area contributed by atoms with Gasteiger partial charge in [-0.2, -0.15) is 0 Å². The Balaban J connectivity index is 1.67. The highest BCUT2D eigenvalue weighted by Gasteiger charge is 2.44. The molecule has 0 radical (unpaired) electrons. The number of carbonyl (C=O) groups is 2. The summed E-state index contributed by atoms with van der Waals surface area (Å²) in [6.07, 6.45) is 0. The molecule has 1 fully saturated rings. The highest BCUT2D eigenvalue weighted by Crippen LogP contribution is 2.39. The Labute approximate surface area is 182 Å². The fraction of sp³-hybridized carbons (Fsp3) is 0.333. The van der Waals surface area contributed by atoms with E-state index in [1.54, 1.807) is 17.5 Å². The van der Waals surface area contributed by atoms with E-state index in [1.165, 1.54) is 40.5 Å². The van der Waals surface area contributed by atoms with Gasteiger partial charge in [0.2, 0.25) is 5.78 Å². The summed E-state index contributed by atoms with van der Waals surface area (Å²) in [5, 5.41) is 23.4. The maximum Gasteiger partial charge on any atom is 0.290 e. The maximum absolute atomic E-state index is 13.2. The zero-order chi connectivity index (χ0) is 22.0. The van der Waals surface area contributed by atoms with Crippen molar-refractivity contribution in [1.82, 2.24) is 9.80 Å². The van der Waals surface area contributed by atoms with Gasteiger partial charge in [-0.25, -0.2) is 0 Å². The molecule has 1 atom stereocenters. The van der Waals surface area contributed by atoms with Crippen molar-refractivity contribution in [2.75, 3.05) is 39.4 Å². The van der Waals surface area contributed by atoms with E-state index in [-0.39, 0.29) is 11.3 Å². The zero-order valence-electron chi connectivity index (χ0n) is 16.6. The molecule has 1 aromatic carbocycles. The Bertz CT molecular complexity index is 1010. The summed E-state index contributed by atoms with van der Waals surface area (Å²) in [4.78, 5) is 40.6. The van der Waals surface area contributed by atoms with Crippen LogP contribution in [0.3, 0.4) is 0 Å². The summed E-state index contributed by atoms with van der Waals surface area (Å²) in [6.45, 7) is 3.57. The number of rotatable bonds is 7. The Kier molecular flexibility index (Phi) is 6.12. The first-order valence-corrected chi connectivity index (χ1v) is 10.7. The second-order valence-corrected chi connectivity index (χ2v) is 8.22. The largest absolute Gasteiger partial charge is 0.503 e. The molecule has 1 amide bonds. The molecule has 1 saturated heterocycles. The van der Waals surface area contributed by atoms with Crippen LogP contribution in [0.25, 0.3) is 0 Å². The average molecular weight is 443 g/mol. The smallest absolute Gasteiger partial charge is 0.290 e. The molecule has 4 rings (SSSR count). The van der Waals surface area contributed by atoms with Gasteiger partial charge in [-0.1, -0.05) is 6.07 Å². The van der Waals surface area contributed by atoms with Gasteiger partial charge in [-0.15, -0.1) is 11.3 Å². The van der Waals surface area contributed by atoms with Crippen molar-refractivity contribution in [1.29, 1.82) is 0 Å². The van der Waals surface area contributed by atoms with Gasteiger partial charge in [-0.05, 0) is 29.1 Å². The standard InChI is InChI=1S/C21H21N3O6S/c25-19(16-2-1-13-31-16)17-18(14-3-5-15(6-4-14)24(28)29)23(21(27)20(17)26)8-7-22-9-11-30-12-10-22/h1-6,13,18,26H,7-12H2/t18-/m0/s1. The van der Waals surface area contributed by atoms with E-state index >= 15 is 0 Å². The Morgan fingerprint density at radius 1 is 1.19 bits per heavy atom. The quantitative estimate of drug-likeness (QED) is 0.397. The molecule has 2 aliphatic heterocycles. The predicted octanol–water partition coefficient (Wildman–Crippen LogP) is 2.57. The van der Waals surface area contributed by atoms with Gasteiger partial charge in [-0.3, -0.25) is 24.6 Å². The number of hydrogen-bond acceptors (Lipinski definition) is 8. The fourth-order valence-corrected chi connectivity index (χ4v) is 4.53. The lowest BCUT2D eigenvalue weighted by Crippen LogP contribution is -2.43. The number of Topliss-reactive ketones (excluding diaryl/α,β-unsaturated/α-hetero) is 1. The van der Waals surface area contributed by atoms with E-state index in [2.05, 4.69) is 4.90 Å². The molecule has 0 saturated carbocycles. The number of hydrogen-bond donors (Lipinski definition) is 1. The van der Waals surface area contributed by atoms with Crippen LogP contribution in [0.4, 0.5) is 5.69 Å². The summed E-state index contributed by atoms with van der Waals surface area (Å²) in [6, 6.07) is 8.27. The van der Waals surface area contributed by atoms with Crippen molar-refractivity contribution in [2.45, 2.75) is 6.04 Å². The summed E-state index contributed by atoms with van der Waals surface area (Å²) in [5.74, 6) is -1.60. The molecular formula is C21H21N3O6S. The van der Waals surface area contributed by atoms with Crippen LogP contribution in [0.15, 0.2) is 53.1 Å². The molecule has 162 valence electrons. The third-order valence-corrected chi connectivity index (χ3v) is 6.34. The molecule has 31 heavy (non-hydrogen) atoms. The van der Waals surface area contributed by atoms with E-state index in [0.29, 0.717) is 36.7 Å². The van der Waals surface area contributed by atoms with Gasteiger partial charge in [0.25, 0.3) is 11.6 Å². The maximum atomic E-state index is 13.2. The van der Waals surface area contributed by atoms with Crippen LogP contribution in [0.5, 0.6) is 0 Å². The SMILES string of the molecule is O=C(C1=C(O)C(=O)N(CCN2CCOCC2)[C@H]1c1ccc([N+](=O)[O-])cc1)c1cccs1. The molecule has 0 unspecified atom stereocenters. The molecule has 3 heterocycles. The summed E-state index contributed by atoms with van der Waals surface area (Å²) in [7, 11) is 0. The third-order valence-electron chi connectivity index (χ3n) is 5.47. The number of aliphatic hydroxyl groups excluding tert-OH is 1. The highest BCUT2D eigenvalue weighted by molar-refractivity contribution is 7.12. The van der Waals surface area contributed by atoms with Gasteiger partial charge in [0, 0.05) is 38.3 Å². The first-order valence-electron chi connectivity index (χ1n) is 9.84. The van der Waals surface area contributed by atoms with Crippen LogP contribution in [0.2, 0.25) is 0 Å². The van der Waals surface area contributed by atoms with Gasteiger partial charge in [0.1, 0.15) is 0 Å². The Morgan fingerprint density at radius 2 is 1.90 bits per heavy atom. The van der Waals surface area contributed by atoms with E-state index in [4.69, 9.17) is 4.74 Å². The summed E-state index contributed by atoms with van der Waals surface area (Å²) >= 11 is 1.23. The molecule has 0 bridgehead atoms. The van der Waals surface area contributed by atoms with Gasteiger partial charge in [0.05, 0.1) is 34.6 Å². The van der Waals surface area contributed by atoms with Crippen LogP contribution in [-0.4, -0.2) is 70.9 Å². The first-order chi connectivity index (χ1) is 15.0. The summed E-state index contributed by atoms with van der Waals surface area (Å²) < 4.78 is 5.35. The predicted molar refractivity (Wildman–Crippen MR) is 113 cm³/mol. The van der Waals surface area contributed by atoms with Gasteiger partial charge < -0.3 is 14.7 Å². The lowest BCUT2D eigenvalue weighted by atomic mass is 9.95. The number of ether oxygens (including phenoxy) is 1. The minimum Gasteiger partial charge on any atom is -0.503 e. The molecule has 2 aliphatic rings. The molecular weight excluding hydrogens is 422 g/mol. The second kappa shape index (κ2) is 8.96. The minimum absolute atomic E-state index is 0.00304. The number of thiophene rings is 1. The minimum atomic E-state index is -0.816.